The third-order valence-corrected chi connectivity index (χ3v) is 3.41. The van der Waals surface area contributed by atoms with E-state index in [1.807, 2.05) is 6.08 Å². The Labute approximate surface area is 70.6 Å². The van der Waals surface area contributed by atoms with Gasteiger partial charge in [-0.1, -0.05) is 6.08 Å². The summed E-state index contributed by atoms with van der Waals surface area (Å²) in [6.45, 7) is 3.62. The molecule has 0 radical (unpaired) electrons. The molecule has 0 fully saturated rings. The molecule has 0 aromatic heterocycles. The molecule has 1 nitrogen and oxygen atoms in total. The fourth-order valence-electron chi connectivity index (χ4n) is 0.692. The van der Waals surface area contributed by atoms with Gasteiger partial charge in [0.2, 0.25) is 0 Å². The van der Waals surface area contributed by atoms with E-state index >= 15 is 0 Å². The Bertz CT molecular complexity index is 125. The van der Waals surface area contributed by atoms with Crippen molar-refractivity contribution in [3.05, 3.63) is 12.7 Å². The molecule has 0 aliphatic heterocycles. The van der Waals surface area contributed by atoms with Crippen LogP contribution < -0.4 is 0 Å². The second-order valence-corrected chi connectivity index (χ2v) is 4.27. The van der Waals surface area contributed by atoms with E-state index < -0.39 is 0 Å². The predicted molar refractivity (Wildman–Crippen MR) is 53.0 cm³/mol. The molecule has 0 aromatic rings. The number of thiocarbonyl (C=S) groups is 1. The standard InChI is InChI=1S/C7H14OSSi/c1-2-3-4-5-6(10)7(8)9/h2,6H,1,3-5H2,10H3,(H,8,9). The molecule has 3 heteroatoms. The molecular weight excluding hydrogens is 160 g/mol. The summed E-state index contributed by atoms with van der Waals surface area (Å²) in [5, 5.41) is 9.05. The van der Waals surface area contributed by atoms with Crippen molar-refractivity contribution in [1.29, 1.82) is 0 Å². The first-order chi connectivity index (χ1) is 4.68. The predicted octanol–water partition coefficient (Wildman–Crippen LogP) is 1.38. The summed E-state index contributed by atoms with van der Waals surface area (Å²) in [6, 6.07) is 0. The van der Waals surface area contributed by atoms with E-state index in [2.05, 4.69) is 18.8 Å². The Balaban J connectivity index is 3.30. The number of aliphatic hydroxyl groups excluding tert-OH is 1. The molecule has 1 atom stereocenters. The molecule has 10 heavy (non-hydrogen) atoms. The monoisotopic (exact) mass is 174 g/mol. The molecule has 0 heterocycles. The van der Waals surface area contributed by atoms with Crippen LogP contribution in [0.1, 0.15) is 19.3 Å². The van der Waals surface area contributed by atoms with E-state index in [0.717, 1.165) is 29.5 Å². The Hall–Kier alpha value is -0.153. The summed E-state index contributed by atoms with van der Waals surface area (Å²) in [6.07, 6.45) is 5.04. The second kappa shape index (κ2) is 5.62. The third-order valence-electron chi connectivity index (χ3n) is 1.47. The number of aliphatic hydroxyl groups is 1. The Morgan fingerprint density at radius 2 is 2.40 bits per heavy atom. The second-order valence-electron chi connectivity index (χ2n) is 2.46. The highest BCUT2D eigenvalue weighted by molar-refractivity contribution is 7.80. The fourth-order valence-corrected chi connectivity index (χ4v) is 1.22. The molecular formula is C7H14OSSi. The summed E-state index contributed by atoms with van der Waals surface area (Å²) in [5.74, 6) is 0. The SMILES string of the molecule is C=CCCCC([SiH3])C(O)=S. The minimum Gasteiger partial charge on any atom is -0.502 e. The Kier molecular flexibility index (Phi) is 5.53. The molecule has 0 aliphatic carbocycles. The van der Waals surface area contributed by atoms with Crippen LogP contribution in [0, 0.1) is 0 Å². The van der Waals surface area contributed by atoms with Gasteiger partial charge in [0.15, 0.2) is 5.05 Å². The first kappa shape index (κ1) is 9.85. The van der Waals surface area contributed by atoms with Crippen LogP contribution in [0.2, 0.25) is 5.54 Å². The van der Waals surface area contributed by atoms with Gasteiger partial charge in [-0.15, -0.1) is 6.58 Å². The topological polar surface area (TPSA) is 20.2 Å². The normalized spacial score (nSPS) is 12.8. The summed E-state index contributed by atoms with van der Waals surface area (Å²) in [4.78, 5) is 0. The molecule has 0 rings (SSSR count). The van der Waals surface area contributed by atoms with Crippen molar-refractivity contribution >= 4 is 27.5 Å². The van der Waals surface area contributed by atoms with Gasteiger partial charge >= 0.3 is 0 Å². The number of allylic oxidation sites excluding steroid dienone is 1. The van der Waals surface area contributed by atoms with E-state index in [9.17, 15) is 0 Å². The van der Waals surface area contributed by atoms with Crippen molar-refractivity contribution in [3.63, 3.8) is 0 Å². The molecule has 0 spiro atoms. The van der Waals surface area contributed by atoms with Gasteiger partial charge in [0, 0.05) is 15.8 Å². The maximum atomic E-state index is 8.86. The van der Waals surface area contributed by atoms with Gasteiger partial charge in [0.05, 0.1) is 0 Å². The van der Waals surface area contributed by atoms with Gasteiger partial charge in [-0.3, -0.25) is 0 Å². The van der Waals surface area contributed by atoms with E-state index in [1.54, 1.807) is 0 Å². The minimum absolute atomic E-state index is 0.190. The highest BCUT2D eigenvalue weighted by Crippen LogP contribution is 2.11. The molecule has 1 unspecified atom stereocenters. The maximum Gasteiger partial charge on any atom is 0.155 e. The van der Waals surface area contributed by atoms with Crippen molar-refractivity contribution in [2.75, 3.05) is 0 Å². The van der Waals surface area contributed by atoms with Gasteiger partial charge in [-0.2, -0.15) is 0 Å². The van der Waals surface area contributed by atoms with Crippen molar-refractivity contribution in [2.24, 2.45) is 0 Å². The van der Waals surface area contributed by atoms with Crippen molar-refractivity contribution in [3.8, 4) is 0 Å². The number of unbranched alkanes of at least 4 members (excludes halogenated alkanes) is 1. The molecule has 0 aliphatic rings. The summed E-state index contributed by atoms with van der Waals surface area (Å²) in [7, 11) is 0.965. The van der Waals surface area contributed by atoms with E-state index in [1.165, 1.54) is 0 Å². The Morgan fingerprint density at radius 3 is 2.80 bits per heavy atom. The zero-order valence-corrected chi connectivity index (χ0v) is 9.16. The first-order valence-corrected chi connectivity index (χ1v) is 5.08. The average Bonchev–Trinajstić information content (AvgIpc) is 1.88. The lowest BCUT2D eigenvalue weighted by molar-refractivity contribution is 0.540. The van der Waals surface area contributed by atoms with Crippen molar-refractivity contribution in [2.45, 2.75) is 24.8 Å². The molecule has 1 N–H and O–H groups in total. The van der Waals surface area contributed by atoms with Crippen LogP contribution in [0.15, 0.2) is 12.7 Å². The maximum absolute atomic E-state index is 8.86. The molecule has 0 amide bonds. The number of hydrogen-bond acceptors (Lipinski definition) is 1. The molecule has 0 saturated heterocycles. The van der Waals surface area contributed by atoms with Crippen molar-refractivity contribution in [1.82, 2.24) is 0 Å². The lowest BCUT2D eigenvalue weighted by atomic mass is 10.2. The lowest BCUT2D eigenvalue weighted by Gasteiger charge is -2.05. The average molecular weight is 174 g/mol. The zero-order chi connectivity index (χ0) is 7.98. The van der Waals surface area contributed by atoms with Gasteiger partial charge in [0.25, 0.3) is 0 Å². The van der Waals surface area contributed by atoms with Crippen LogP contribution >= 0.6 is 12.2 Å². The van der Waals surface area contributed by atoms with Crippen LogP contribution in [0.25, 0.3) is 0 Å². The summed E-state index contributed by atoms with van der Waals surface area (Å²) in [5.41, 5.74) is 0.301. The summed E-state index contributed by atoms with van der Waals surface area (Å²) < 4.78 is 0. The molecule has 0 aromatic carbocycles. The van der Waals surface area contributed by atoms with Crippen LogP contribution in [0.3, 0.4) is 0 Å². The van der Waals surface area contributed by atoms with E-state index in [0.29, 0.717) is 5.54 Å². The zero-order valence-electron chi connectivity index (χ0n) is 6.34. The van der Waals surface area contributed by atoms with Crippen LogP contribution in [-0.4, -0.2) is 20.4 Å². The molecule has 0 bridgehead atoms. The smallest absolute Gasteiger partial charge is 0.155 e. The van der Waals surface area contributed by atoms with Crippen LogP contribution in [0.5, 0.6) is 0 Å². The van der Waals surface area contributed by atoms with E-state index in [4.69, 9.17) is 5.11 Å². The van der Waals surface area contributed by atoms with Gasteiger partial charge < -0.3 is 5.11 Å². The highest BCUT2D eigenvalue weighted by atomic mass is 32.1. The van der Waals surface area contributed by atoms with Gasteiger partial charge in [-0.05, 0) is 31.5 Å². The highest BCUT2D eigenvalue weighted by Gasteiger charge is 2.04. The fraction of sp³-hybridized carbons (Fsp3) is 0.571. The van der Waals surface area contributed by atoms with Gasteiger partial charge in [-0.25, -0.2) is 0 Å². The van der Waals surface area contributed by atoms with Gasteiger partial charge in [0.1, 0.15) is 0 Å². The quantitative estimate of drug-likeness (QED) is 0.294. The third kappa shape index (κ3) is 4.70. The lowest BCUT2D eigenvalue weighted by Crippen LogP contribution is -2.04. The first-order valence-electron chi connectivity index (χ1n) is 3.52. The van der Waals surface area contributed by atoms with Crippen molar-refractivity contribution < 1.29 is 5.11 Å². The largest absolute Gasteiger partial charge is 0.502 e. The minimum atomic E-state index is 0.190. The number of rotatable bonds is 5. The summed E-state index contributed by atoms with van der Waals surface area (Å²) >= 11 is 4.63. The molecule has 0 saturated carbocycles. The Morgan fingerprint density at radius 1 is 1.80 bits per heavy atom. The van der Waals surface area contributed by atoms with Crippen LogP contribution in [-0.2, 0) is 0 Å². The van der Waals surface area contributed by atoms with Crippen LogP contribution in [0.4, 0.5) is 0 Å². The number of hydrogen-bond donors (Lipinski definition) is 1. The van der Waals surface area contributed by atoms with E-state index in [-0.39, 0.29) is 5.05 Å². The molecule has 58 valence electrons.